The third-order valence-corrected chi connectivity index (χ3v) is 4.66. The molecule has 0 bridgehead atoms. The third kappa shape index (κ3) is 2.27. The molecule has 20 heavy (non-hydrogen) atoms. The minimum Gasteiger partial charge on any atom is -0.387 e. The number of aryl methyl sites for hydroxylation is 1. The van der Waals surface area contributed by atoms with Crippen LogP contribution in [0.4, 0.5) is 0 Å². The number of hydrogen-bond donors (Lipinski definition) is 1. The second-order valence-corrected chi connectivity index (χ2v) is 5.93. The van der Waals surface area contributed by atoms with Crippen molar-refractivity contribution in [3.63, 3.8) is 0 Å². The topological polar surface area (TPSA) is 38.0 Å². The molecule has 0 aliphatic heterocycles. The summed E-state index contributed by atoms with van der Waals surface area (Å²) in [5.41, 5.74) is 2.04. The van der Waals surface area contributed by atoms with Crippen LogP contribution < -0.4 is 0 Å². The summed E-state index contributed by atoms with van der Waals surface area (Å²) in [5, 5.41) is 15.2. The van der Waals surface area contributed by atoms with Crippen LogP contribution in [-0.2, 0) is 12.5 Å². The summed E-state index contributed by atoms with van der Waals surface area (Å²) in [4.78, 5) is 0. The zero-order valence-electron chi connectivity index (χ0n) is 12.0. The van der Waals surface area contributed by atoms with Crippen LogP contribution in [0.1, 0.15) is 49.3 Å². The molecule has 106 valence electrons. The first kappa shape index (κ1) is 13.4. The molecule has 1 fully saturated rings. The molecule has 0 amide bonds. The Labute approximate surface area is 120 Å². The smallest absolute Gasteiger partial charge is 0.0916 e. The Balaban J connectivity index is 2.01. The van der Waals surface area contributed by atoms with Crippen LogP contribution >= 0.6 is 0 Å². The van der Waals surface area contributed by atoms with E-state index >= 15 is 0 Å². The van der Waals surface area contributed by atoms with Gasteiger partial charge in [0.2, 0.25) is 0 Å². The van der Waals surface area contributed by atoms with Crippen LogP contribution in [0.3, 0.4) is 0 Å². The van der Waals surface area contributed by atoms with Gasteiger partial charge in [-0.15, -0.1) is 0 Å². The molecule has 3 rings (SSSR count). The van der Waals surface area contributed by atoms with E-state index in [0.29, 0.717) is 0 Å². The molecular weight excluding hydrogens is 248 g/mol. The molecule has 0 spiro atoms. The first-order valence-electron chi connectivity index (χ1n) is 7.44. The molecule has 0 radical (unpaired) electrons. The monoisotopic (exact) mass is 270 g/mol. The molecule has 2 aromatic rings. The van der Waals surface area contributed by atoms with Gasteiger partial charge in [0.25, 0.3) is 0 Å². The third-order valence-electron chi connectivity index (χ3n) is 4.66. The molecule has 3 nitrogen and oxygen atoms in total. The molecule has 1 aliphatic carbocycles. The lowest BCUT2D eigenvalue weighted by molar-refractivity contribution is 0.0527. The molecule has 1 aromatic carbocycles. The van der Waals surface area contributed by atoms with Crippen molar-refractivity contribution in [1.29, 1.82) is 0 Å². The predicted molar refractivity (Wildman–Crippen MR) is 79.4 cm³/mol. The van der Waals surface area contributed by atoms with Crippen molar-refractivity contribution >= 4 is 0 Å². The fraction of sp³-hybridized carbons (Fsp3) is 0.471. The molecular formula is C17H22N2O. The summed E-state index contributed by atoms with van der Waals surface area (Å²) in [5.74, 6) is 0. The fourth-order valence-electron chi connectivity index (χ4n) is 3.57. The van der Waals surface area contributed by atoms with E-state index in [1.54, 1.807) is 10.9 Å². The van der Waals surface area contributed by atoms with Crippen LogP contribution in [0.25, 0.3) is 0 Å². The fourth-order valence-corrected chi connectivity index (χ4v) is 3.57. The Morgan fingerprint density at radius 1 is 1.15 bits per heavy atom. The molecule has 3 heteroatoms. The summed E-state index contributed by atoms with van der Waals surface area (Å²) in [6.07, 6.45) is 9.00. The highest BCUT2D eigenvalue weighted by atomic mass is 16.3. The summed E-state index contributed by atoms with van der Waals surface area (Å²) >= 11 is 0. The van der Waals surface area contributed by atoms with Gasteiger partial charge in [-0.25, -0.2) is 0 Å². The Bertz CT molecular complexity index is 555. The van der Waals surface area contributed by atoms with Crippen LogP contribution in [-0.4, -0.2) is 14.9 Å². The van der Waals surface area contributed by atoms with Gasteiger partial charge in [-0.3, -0.25) is 4.68 Å². The highest BCUT2D eigenvalue weighted by Gasteiger charge is 2.41. The second-order valence-electron chi connectivity index (χ2n) is 5.93. The molecule has 1 aromatic heterocycles. The van der Waals surface area contributed by atoms with E-state index in [1.165, 1.54) is 24.8 Å². The molecule has 1 aliphatic rings. The zero-order valence-corrected chi connectivity index (χ0v) is 12.0. The number of benzene rings is 1. The average Bonchev–Trinajstić information content (AvgIpc) is 2.94. The Hall–Kier alpha value is -1.61. The lowest BCUT2D eigenvalue weighted by Crippen LogP contribution is -2.35. The first-order valence-corrected chi connectivity index (χ1v) is 7.44. The Morgan fingerprint density at radius 3 is 2.45 bits per heavy atom. The van der Waals surface area contributed by atoms with Gasteiger partial charge >= 0.3 is 0 Å². The number of aliphatic hydroxyl groups excluding tert-OH is 1. The van der Waals surface area contributed by atoms with Crippen LogP contribution in [0, 0.1) is 0 Å². The number of aromatic nitrogens is 2. The number of aliphatic hydroxyl groups is 1. The minimum absolute atomic E-state index is 0.150. The minimum atomic E-state index is -0.473. The summed E-state index contributed by atoms with van der Waals surface area (Å²) < 4.78 is 1.76. The zero-order chi connectivity index (χ0) is 14.0. The van der Waals surface area contributed by atoms with Crippen molar-refractivity contribution in [2.24, 2.45) is 7.05 Å². The van der Waals surface area contributed by atoms with E-state index in [1.807, 2.05) is 19.3 Å². The highest BCUT2D eigenvalue weighted by molar-refractivity contribution is 5.31. The molecule has 1 saturated carbocycles. The standard InChI is InChI=1S/C17H22N2O/c1-19-13-14(12-18-19)16(20)17(10-6-3-7-11-17)15-8-4-2-5-9-15/h2,4-5,8-9,12-13,16,20H,3,6-7,10-11H2,1H3. The van der Waals surface area contributed by atoms with Gasteiger partial charge < -0.3 is 5.11 Å². The second kappa shape index (κ2) is 5.41. The van der Waals surface area contributed by atoms with Crippen LogP contribution in [0.2, 0.25) is 0 Å². The normalized spacial score (nSPS) is 19.7. The molecule has 1 atom stereocenters. The Kier molecular flexibility index (Phi) is 3.62. The van der Waals surface area contributed by atoms with E-state index in [9.17, 15) is 5.11 Å². The molecule has 1 unspecified atom stereocenters. The van der Waals surface area contributed by atoms with Gasteiger partial charge in [0.05, 0.1) is 12.3 Å². The largest absolute Gasteiger partial charge is 0.387 e. The van der Waals surface area contributed by atoms with Crippen molar-refractivity contribution in [1.82, 2.24) is 9.78 Å². The highest BCUT2D eigenvalue weighted by Crippen LogP contribution is 2.48. The molecule has 0 saturated heterocycles. The number of hydrogen-bond acceptors (Lipinski definition) is 2. The van der Waals surface area contributed by atoms with Crippen molar-refractivity contribution in [2.45, 2.75) is 43.6 Å². The first-order chi connectivity index (χ1) is 9.72. The maximum atomic E-state index is 11.0. The SMILES string of the molecule is Cn1cc(C(O)C2(c3ccccc3)CCCCC2)cn1. The Morgan fingerprint density at radius 2 is 1.85 bits per heavy atom. The summed E-state index contributed by atoms with van der Waals surface area (Å²) in [6, 6.07) is 10.5. The maximum absolute atomic E-state index is 11.0. The van der Waals surface area contributed by atoms with Crippen LogP contribution in [0.5, 0.6) is 0 Å². The van der Waals surface area contributed by atoms with Crippen molar-refractivity contribution < 1.29 is 5.11 Å². The molecule has 1 N–H and O–H groups in total. The maximum Gasteiger partial charge on any atom is 0.0916 e. The van der Waals surface area contributed by atoms with Gasteiger partial charge in [-0.05, 0) is 18.4 Å². The van der Waals surface area contributed by atoms with Gasteiger partial charge in [0, 0.05) is 24.2 Å². The van der Waals surface area contributed by atoms with E-state index in [2.05, 4.69) is 29.4 Å². The van der Waals surface area contributed by atoms with Gasteiger partial charge in [-0.2, -0.15) is 5.10 Å². The van der Waals surface area contributed by atoms with Crippen molar-refractivity contribution in [3.8, 4) is 0 Å². The number of rotatable bonds is 3. The lowest BCUT2D eigenvalue weighted by atomic mass is 9.65. The van der Waals surface area contributed by atoms with E-state index in [4.69, 9.17) is 0 Å². The van der Waals surface area contributed by atoms with Gasteiger partial charge in [0.15, 0.2) is 0 Å². The predicted octanol–water partition coefficient (Wildman–Crippen LogP) is 3.36. The lowest BCUT2D eigenvalue weighted by Gasteiger charge is -2.41. The van der Waals surface area contributed by atoms with Gasteiger partial charge in [-0.1, -0.05) is 49.6 Å². The van der Waals surface area contributed by atoms with Gasteiger partial charge in [0.1, 0.15) is 0 Å². The molecule has 1 heterocycles. The average molecular weight is 270 g/mol. The number of nitrogens with zero attached hydrogens (tertiary/aromatic N) is 2. The van der Waals surface area contributed by atoms with Crippen LogP contribution in [0.15, 0.2) is 42.7 Å². The van der Waals surface area contributed by atoms with Crippen molar-refractivity contribution in [3.05, 3.63) is 53.9 Å². The summed E-state index contributed by atoms with van der Waals surface area (Å²) in [7, 11) is 1.90. The summed E-state index contributed by atoms with van der Waals surface area (Å²) in [6.45, 7) is 0. The van der Waals surface area contributed by atoms with Crippen molar-refractivity contribution in [2.75, 3.05) is 0 Å². The quantitative estimate of drug-likeness (QED) is 0.928. The van der Waals surface area contributed by atoms with E-state index in [-0.39, 0.29) is 5.41 Å². The van der Waals surface area contributed by atoms with E-state index in [0.717, 1.165) is 18.4 Å². The van der Waals surface area contributed by atoms with E-state index < -0.39 is 6.10 Å².